The summed E-state index contributed by atoms with van der Waals surface area (Å²) in [6.07, 6.45) is 3.60. The number of nitrogens with zero attached hydrogens (tertiary/aromatic N) is 3. The minimum absolute atomic E-state index is 0.194. The van der Waals surface area contributed by atoms with Crippen LogP contribution < -0.4 is 15.4 Å². The molecule has 0 amide bonds. The normalized spacial score (nSPS) is 10.9. The molecule has 3 N–H and O–H groups in total. The molecule has 0 aromatic carbocycles. The van der Waals surface area contributed by atoms with Crippen LogP contribution in [0.25, 0.3) is 11.3 Å². The van der Waals surface area contributed by atoms with Gasteiger partial charge in [-0.15, -0.1) is 11.3 Å². The minimum Gasteiger partial charge on any atom is -0.477 e. The summed E-state index contributed by atoms with van der Waals surface area (Å²) in [5, 5.41) is 16.3. The summed E-state index contributed by atoms with van der Waals surface area (Å²) in [6, 6.07) is 5.99. The monoisotopic (exact) mass is 424 g/mol. The topological polar surface area (TPSA) is 95.8 Å². The number of aryl methyl sites for hydroxylation is 1. The molecule has 3 heterocycles. The van der Waals surface area contributed by atoms with Crippen LogP contribution in [0.15, 0.2) is 30.6 Å². The first-order valence-corrected chi connectivity index (χ1v) is 10.8. The van der Waals surface area contributed by atoms with E-state index in [1.165, 1.54) is 0 Å². The van der Waals surface area contributed by atoms with Crippen LogP contribution in [-0.4, -0.2) is 33.3 Å². The molecule has 8 heteroatoms. The zero-order valence-electron chi connectivity index (χ0n) is 18.0. The Morgan fingerprint density at radius 2 is 2.10 bits per heavy atom. The molecule has 0 fully saturated rings. The molecule has 3 aromatic heterocycles. The van der Waals surface area contributed by atoms with Gasteiger partial charge in [-0.05, 0) is 52.8 Å². The van der Waals surface area contributed by atoms with Crippen molar-refractivity contribution in [3.8, 4) is 17.1 Å². The number of hydrogen-bond acceptors (Lipinski definition) is 8. The third-order valence-electron chi connectivity index (χ3n) is 4.26. The Hall–Kier alpha value is -3.00. The maximum atomic E-state index is 8.33. The predicted octanol–water partition coefficient (Wildman–Crippen LogP) is 5.13. The smallest absolute Gasteiger partial charge is 0.222 e. The van der Waals surface area contributed by atoms with E-state index >= 15 is 0 Å². The van der Waals surface area contributed by atoms with Gasteiger partial charge in [-0.3, -0.25) is 0 Å². The fourth-order valence-electron chi connectivity index (χ4n) is 3.04. The Labute approximate surface area is 181 Å². The second kappa shape index (κ2) is 9.67. The van der Waals surface area contributed by atoms with Crippen molar-refractivity contribution in [1.82, 2.24) is 15.0 Å². The number of rotatable bonds is 9. The highest BCUT2D eigenvalue weighted by molar-refractivity contribution is 7.11. The summed E-state index contributed by atoms with van der Waals surface area (Å²) in [7, 11) is 0. The van der Waals surface area contributed by atoms with E-state index in [2.05, 4.69) is 34.4 Å². The van der Waals surface area contributed by atoms with Gasteiger partial charge in [-0.2, -0.15) is 0 Å². The van der Waals surface area contributed by atoms with E-state index in [1.54, 1.807) is 24.5 Å². The molecule has 0 aliphatic carbocycles. The van der Waals surface area contributed by atoms with Crippen molar-refractivity contribution in [3.05, 3.63) is 46.2 Å². The van der Waals surface area contributed by atoms with Crippen LogP contribution in [0.5, 0.6) is 5.88 Å². The maximum Gasteiger partial charge on any atom is 0.222 e. The van der Waals surface area contributed by atoms with Crippen molar-refractivity contribution in [2.45, 2.75) is 47.2 Å². The largest absolute Gasteiger partial charge is 0.477 e. The van der Waals surface area contributed by atoms with Gasteiger partial charge in [-0.25, -0.2) is 15.0 Å². The van der Waals surface area contributed by atoms with Crippen LogP contribution in [0.4, 0.5) is 11.4 Å². The number of hydrogen-bond donors (Lipinski definition) is 3. The van der Waals surface area contributed by atoms with Crippen LogP contribution in [-0.2, 0) is 6.54 Å². The second-order valence-electron chi connectivity index (χ2n) is 7.19. The lowest BCUT2D eigenvalue weighted by Gasteiger charge is -2.21. The fourth-order valence-corrected chi connectivity index (χ4v) is 3.77. The van der Waals surface area contributed by atoms with Crippen LogP contribution in [0.1, 0.15) is 43.3 Å². The molecule has 3 rings (SSSR count). The van der Waals surface area contributed by atoms with Crippen molar-refractivity contribution in [1.29, 1.82) is 5.41 Å². The van der Waals surface area contributed by atoms with Crippen LogP contribution in [0.2, 0.25) is 0 Å². The number of nitrogens with one attached hydrogen (secondary N) is 3. The van der Waals surface area contributed by atoms with E-state index in [-0.39, 0.29) is 6.04 Å². The maximum absolute atomic E-state index is 8.33. The molecule has 7 nitrogen and oxygen atoms in total. The van der Waals surface area contributed by atoms with Gasteiger partial charge in [0.2, 0.25) is 5.88 Å². The summed E-state index contributed by atoms with van der Waals surface area (Å²) < 4.78 is 5.71. The summed E-state index contributed by atoms with van der Waals surface area (Å²) in [5.74, 6) is 0.537. The van der Waals surface area contributed by atoms with Crippen molar-refractivity contribution >= 4 is 28.4 Å². The molecule has 0 spiro atoms. The third kappa shape index (κ3) is 5.13. The van der Waals surface area contributed by atoms with Gasteiger partial charge in [0.05, 0.1) is 46.5 Å². The Morgan fingerprint density at radius 1 is 1.30 bits per heavy atom. The molecule has 0 aliphatic heterocycles. The fraction of sp³-hybridized carbons (Fsp3) is 0.364. The average Bonchev–Trinajstić information content (AvgIpc) is 3.12. The minimum atomic E-state index is 0.194. The number of pyridine rings is 2. The highest BCUT2D eigenvalue weighted by atomic mass is 32.1. The summed E-state index contributed by atoms with van der Waals surface area (Å²) in [4.78, 5) is 14.6. The van der Waals surface area contributed by atoms with Gasteiger partial charge in [-0.1, -0.05) is 0 Å². The molecule has 0 atom stereocenters. The van der Waals surface area contributed by atoms with Crippen LogP contribution in [0, 0.1) is 12.3 Å². The number of aromatic nitrogens is 3. The molecule has 0 radical (unpaired) electrons. The average molecular weight is 425 g/mol. The predicted molar refractivity (Wildman–Crippen MR) is 124 cm³/mol. The van der Waals surface area contributed by atoms with Gasteiger partial charge in [0.25, 0.3) is 0 Å². The quantitative estimate of drug-likeness (QED) is 0.412. The summed E-state index contributed by atoms with van der Waals surface area (Å²) >= 11 is 1.66. The van der Waals surface area contributed by atoms with Gasteiger partial charge < -0.3 is 20.8 Å². The second-order valence-corrected chi connectivity index (χ2v) is 8.51. The van der Waals surface area contributed by atoms with Crippen molar-refractivity contribution in [3.63, 3.8) is 0 Å². The van der Waals surface area contributed by atoms with Gasteiger partial charge in [0.1, 0.15) is 5.69 Å². The molecule has 158 valence electrons. The Balaban J connectivity index is 2.10. The summed E-state index contributed by atoms with van der Waals surface area (Å²) in [5.41, 5.74) is 4.21. The Morgan fingerprint density at radius 3 is 2.73 bits per heavy atom. The molecule has 0 unspecified atom stereocenters. The van der Waals surface area contributed by atoms with E-state index in [0.717, 1.165) is 26.8 Å². The number of anilines is 2. The molecular weight excluding hydrogens is 396 g/mol. The van der Waals surface area contributed by atoms with E-state index in [0.29, 0.717) is 36.1 Å². The molecule has 0 bridgehead atoms. The van der Waals surface area contributed by atoms with Crippen molar-refractivity contribution in [2.75, 3.05) is 17.2 Å². The first kappa shape index (κ1) is 21.7. The lowest BCUT2D eigenvalue weighted by Crippen LogP contribution is -2.17. The first-order chi connectivity index (χ1) is 14.4. The lowest BCUT2D eigenvalue weighted by molar-refractivity contribution is 0.328. The molecule has 0 aliphatic rings. The van der Waals surface area contributed by atoms with E-state index < -0.39 is 0 Å². The van der Waals surface area contributed by atoms with Crippen LogP contribution in [0.3, 0.4) is 0 Å². The SMILES string of the molecule is CCOc1ncccc1-c1cc(NCc2cnc(C)s2)c(NC(C)C)c(C(C)=N)n1. The number of ether oxygens (including phenoxy) is 1. The molecule has 30 heavy (non-hydrogen) atoms. The third-order valence-corrected chi connectivity index (χ3v) is 5.17. The van der Waals surface area contributed by atoms with E-state index in [9.17, 15) is 0 Å². The van der Waals surface area contributed by atoms with Crippen molar-refractivity contribution in [2.24, 2.45) is 0 Å². The molecule has 0 saturated carbocycles. The highest BCUT2D eigenvalue weighted by Crippen LogP contribution is 2.35. The highest BCUT2D eigenvalue weighted by Gasteiger charge is 2.18. The van der Waals surface area contributed by atoms with E-state index in [4.69, 9.17) is 15.1 Å². The van der Waals surface area contributed by atoms with E-state index in [1.807, 2.05) is 38.2 Å². The van der Waals surface area contributed by atoms with Crippen LogP contribution >= 0.6 is 11.3 Å². The van der Waals surface area contributed by atoms with Gasteiger partial charge in [0.15, 0.2) is 0 Å². The van der Waals surface area contributed by atoms with Gasteiger partial charge in [0, 0.05) is 23.3 Å². The molecule has 3 aromatic rings. The standard InChI is InChI=1S/C22H28N6OS/c1-6-29-22-17(8-7-9-24-22)18-10-19(26-12-16-11-25-15(5)30-16)21(27-13(2)3)20(28-18)14(4)23/h7-11,13,23,27H,6,12H2,1-5H3,(H,26,28). The Bertz CT molecular complexity index is 1030. The van der Waals surface area contributed by atoms with Gasteiger partial charge >= 0.3 is 0 Å². The lowest BCUT2D eigenvalue weighted by atomic mass is 10.1. The Kier molecular flexibility index (Phi) is 6.99. The first-order valence-electron chi connectivity index (χ1n) is 9.99. The van der Waals surface area contributed by atoms with Crippen molar-refractivity contribution < 1.29 is 4.74 Å². The molecule has 0 saturated heterocycles. The zero-order chi connectivity index (χ0) is 21.7. The summed E-state index contributed by atoms with van der Waals surface area (Å²) in [6.45, 7) is 11.0. The number of thiazole rings is 1. The zero-order valence-corrected chi connectivity index (χ0v) is 18.9. The molecular formula is C22H28N6OS.